The number of nitro groups is 1. The van der Waals surface area contributed by atoms with Gasteiger partial charge in [0.05, 0.1) is 16.1 Å². The highest BCUT2D eigenvalue weighted by Gasteiger charge is 2.26. The van der Waals surface area contributed by atoms with Crippen LogP contribution in [0.3, 0.4) is 0 Å². The highest BCUT2D eigenvalue weighted by atomic mass is 16.6. The van der Waals surface area contributed by atoms with Crippen LogP contribution in [0, 0.1) is 17.0 Å². The third kappa shape index (κ3) is 3.20. The van der Waals surface area contributed by atoms with E-state index in [1.54, 1.807) is 19.1 Å². The summed E-state index contributed by atoms with van der Waals surface area (Å²) in [6.45, 7) is 3.04. The predicted molar refractivity (Wildman–Crippen MR) is 107 cm³/mol. The van der Waals surface area contributed by atoms with Crippen LogP contribution in [0.25, 0.3) is 17.0 Å². The van der Waals surface area contributed by atoms with E-state index in [4.69, 9.17) is 4.74 Å². The van der Waals surface area contributed by atoms with Gasteiger partial charge in [0.1, 0.15) is 0 Å². The van der Waals surface area contributed by atoms with Crippen molar-refractivity contribution in [3.63, 3.8) is 0 Å². The number of carbonyl (C=O) groups excluding carboxylic acids is 2. The number of aromatic nitrogens is 1. The van der Waals surface area contributed by atoms with Crippen LogP contribution in [-0.4, -0.2) is 27.3 Å². The van der Waals surface area contributed by atoms with Gasteiger partial charge in [-0.05, 0) is 37.3 Å². The Morgan fingerprint density at radius 1 is 1.21 bits per heavy atom. The fourth-order valence-electron chi connectivity index (χ4n) is 3.30. The van der Waals surface area contributed by atoms with Crippen molar-refractivity contribution in [2.75, 3.05) is 0 Å². The molecule has 0 unspecified atom stereocenters. The van der Waals surface area contributed by atoms with E-state index in [0.29, 0.717) is 16.8 Å². The Labute approximate surface area is 164 Å². The fraction of sp³-hybridized carbons (Fsp3) is 0.0952. The van der Waals surface area contributed by atoms with E-state index in [0.717, 1.165) is 10.9 Å². The Bertz CT molecular complexity index is 1270. The first-order chi connectivity index (χ1) is 13.8. The lowest BCUT2D eigenvalue weighted by molar-refractivity contribution is -0.385. The van der Waals surface area contributed by atoms with Gasteiger partial charge in [0.25, 0.3) is 5.69 Å². The fourth-order valence-corrected chi connectivity index (χ4v) is 3.30. The van der Waals surface area contributed by atoms with E-state index in [9.17, 15) is 19.7 Å². The molecule has 0 saturated heterocycles. The summed E-state index contributed by atoms with van der Waals surface area (Å²) in [5, 5.41) is 11.8. The molecule has 144 valence electrons. The first-order valence-electron chi connectivity index (χ1n) is 8.74. The molecule has 0 N–H and O–H groups in total. The van der Waals surface area contributed by atoms with Gasteiger partial charge in [-0.25, -0.2) is 9.79 Å². The Morgan fingerprint density at radius 3 is 2.66 bits per heavy atom. The maximum absolute atomic E-state index is 12.3. The van der Waals surface area contributed by atoms with Gasteiger partial charge in [0.15, 0.2) is 5.70 Å². The quantitative estimate of drug-likeness (QED) is 0.293. The van der Waals surface area contributed by atoms with Gasteiger partial charge in [-0.15, -0.1) is 0 Å². The summed E-state index contributed by atoms with van der Waals surface area (Å²) in [7, 11) is 0. The number of carbonyl (C=O) groups is 2. The van der Waals surface area contributed by atoms with Crippen LogP contribution in [0.4, 0.5) is 5.69 Å². The number of fused-ring (bicyclic) bond motifs is 1. The molecular formula is C21H15N3O5. The predicted octanol–water partition coefficient (Wildman–Crippen LogP) is 3.86. The first kappa shape index (κ1) is 18.3. The summed E-state index contributed by atoms with van der Waals surface area (Å²) < 4.78 is 6.74. The van der Waals surface area contributed by atoms with Crippen LogP contribution in [0.5, 0.6) is 0 Å². The average molecular weight is 389 g/mol. The van der Waals surface area contributed by atoms with E-state index in [1.807, 2.05) is 24.3 Å². The van der Waals surface area contributed by atoms with Crippen molar-refractivity contribution in [2.45, 2.75) is 13.8 Å². The number of benzene rings is 2. The van der Waals surface area contributed by atoms with E-state index in [2.05, 4.69) is 4.99 Å². The number of nitrogens with zero attached hydrogens (tertiary/aromatic N) is 3. The number of nitro benzene ring substituents is 1. The zero-order valence-corrected chi connectivity index (χ0v) is 15.6. The SMILES string of the molecule is CC(=O)n1c(/C=C2\N=C(c3ccc([N+](=O)[O-])c(C)c3)OC2=O)cc2ccccc21. The van der Waals surface area contributed by atoms with Gasteiger partial charge >= 0.3 is 5.97 Å². The summed E-state index contributed by atoms with van der Waals surface area (Å²) >= 11 is 0. The highest BCUT2D eigenvalue weighted by molar-refractivity contribution is 6.13. The van der Waals surface area contributed by atoms with Crippen LogP contribution >= 0.6 is 0 Å². The number of para-hydroxylation sites is 1. The lowest BCUT2D eigenvalue weighted by Gasteiger charge is -2.02. The molecule has 3 aromatic rings. The van der Waals surface area contributed by atoms with Gasteiger partial charge in [-0.1, -0.05) is 18.2 Å². The second-order valence-corrected chi connectivity index (χ2v) is 6.58. The molecule has 0 bridgehead atoms. The molecule has 0 radical (unpaired) electrons. The molecule has 2 aromatic carbocycles. The molecule has 0 amide bonds. The molecule has 0 aliphatic carbocycles. The van der Waals surface area contributed by atoms with Crippen molar-refractivity contribution < 1.29 is 19.2 Å². The van der Waals surface area contributed by atoms with Crippen molar-refractivity contribution in [3.8, 4) is 0 Å². The second kappa shape index (κ2) is 6.83. The molecule has 0 atom stereocenters. The van der Waals surface area contributed by atoms with Crippen molar-refractivity contribution in [1.29, 1.82) is 0 Å². The van der Waals surface area contributed by atoms with E-state index in [1.165, 1.54) is 29.7 Å². The van der Waals surface area contributed by atoms with Crippen LogP contribution in [-0.2, 0) is 9.53 Å². The molecule has 2 heterocycles. The van der Waals surface area contributed by atoms with E-state index < -0.39 is 10.9 Å². The van der Waals surface area contributed by atoms with Gasteiger partial charge in [0, 0.05) is 29.5 Å². The molecule has 0 fully saturated rings. The molecule has 8 nitrogen and oxygen atoms in total. The second-order valence-electron chi connectivity index (χ2n) is 6.58. The molecule has 29 heavy (non-hydrogen) atoms. The van der Waals surface area contributed by atoms with Gasteiger partial charge in [-0.3, -0.25) is 19.5 Å². The van der Waals surface area contributed by atoms with Gasteiger partial charge < -0.3 is 4.74 Å². The lowest BCUT2D eigenvalue weighted by Crippen LogP contribution is -2.08. The molecule has 0 spiro atoms. The van der Waals surface area contributed by atoms with Crippen LogP contribution < -0.4 is 0 Å². The van der Waals surface area contributed by atoms with Crippen LogP contribution in [0.2, 0.25) is 0 Å². The molecule has 1 aliphatic heterocycles. The number of aliphatic imine (C=N–C) groups is 1. The van der Waals surface area contributed by atoms with Gasteiger partial charge in [0.2, 0.25) is 11.8 Å². The number of hydrogen-bond acceptors (Lipinski definition) is 6. The number of esters is 1. The largest absolute Gasteiger partial charge is 0.402 e. The van der Waals surface area contributed by atoms with Crippen molar-refractivity contribution in [2.24, 2.45) is 4.99 Å². The lowest BCUT2D eigenvalue weighted by atomic mass is 10.1. The topological polar surface area (TPSA) is 104 Å². The first-order valence-corrected chi connectivity index (χ1v) is 8.74. The summed E-state index contributed by atoms with van der Waals surface area (Å²) in [5.41, 5.74) is 2.14. The standard InChI is InChI=1S/C21H15N3O5/c1-12-9-15(7-8-18(12)24(27)28)20-22-17(21(26)29-20)11-16-10-14-5-3-4-6-19(14)23(16)13(2)25/h3-11H,1-2H3/b17-11-. The van der Waals surface area contributed by atoms with Crippen LogP contribution in [0.15, 0.2) is 59.2 Å². The summed E-state index contributed by atoms with van der Waals surface area (Å²) in [6, 6.07) is 13.5. The van der Waals surface area contributed by atoms with Crippen LogP contribution in [0.1, 0.15) is 28.5 Å². The molecule has 1 aromatic heterocycles. The smallest absolute Gasteiger partial charge is 0.363 e. The number of cyclic esters (lactones) is 1. The minimum Gasteiger partial charge on any atom is -0.402 e. The Hall–Kier alpha value is -4.07. The Morgan fingerprint density at radius 2 is 1.97 bits per heavy atom. The van der Waals surface area contributed by atoms with Crippen molar-refractivity contribution in [1.82, 2.24) is 4.57 Å². The third-order valence-corrected chi connectivity index (χ3v) is 4.60. The Kier molecular flexibility index (Phi) is 4.31. The van der Waals surface area contributed by atoms with Crippen molar-refractivity contribution in [3.05, 3.63) is 81.2 Å². The zero-order chi connectivity index (χ0) is 20.7. The normalized spacial score (nSPS) is 14.9. The average Bonchev–Trinajstić information content (AvgIpc) is 3.21. The minimum atomic E-state index is -0.656. The monoisotopic (exact) mass is 389 g/mol. The maximum Gasteiger partial charge on any atom is 0.363 e. The maximum atomic E-state index is 12.3. The van der Waals surface area contributed by atoms with Gasteiger partial charge in [-0.2, -0.15) is 0 Å². The summed E-state index contributed by atoms with van der Waals surface area (Å²) in [5.74, 6) is -0.791. The van der Waals surface area contributed by atoms with E-state index in [-0.39, 0.29) is 23.2 Å². The summed E-state index contributed by atoms with van der Waals surface area (Å²) in [6.07, 6.45) is 1.50. The number of ether oxygens (including phenoxy) is 1. The highest BCUT2D eigenvalue weighted by Crippen LogP contribution is 2.26. The molecular weight excluding hydrogens is 374 g/mol. The molecule has 4 rings (SSSR count). The molecule has 0 saturated carbocycles. The molecule has 8 heteroatoms. The zero-order valence-electron chi connectivity index (χ0n) is 15.6. The Balaban J connectivity index is 1.77. The summed E-state index contributed by atoms with van der Waals surface area (Å²) in [4.78, 5) is 39.2. The number of hydrogen-bond donors (Lipinski definition) is 0. The molecule has 1 aliphatic rings. The van der Waals surface area contributed by atoms with E-state index >= 15 is 0 Å². The van der Waals surface area contributed by atoms with Crippen molar-refractivity contribution >= 4 is 40.4 Å². The minimum absolute atomic E-state index is 0.0274. The number of aryl methyl sites for hydroxylation is 1. The number of rotatable bonds is 3. The third-order valence-electron chi connectivity index (χ3n) is 4.60.